The Balaban J connectivity index is 2.41. The van der Waals surface area contributed by atoms with Gasteiger partial charge in [-0.2, -0.15) is 11.8 Å². The maximum Gasteiger partial charge on any atom is 0.269 e. The molecule has 0 saturated carbocycles. The van der Waals surface area contributed by atoms with Gasteiger partial charge in [-0.25, -0.2) is 0 Å². The van der Waals surface area contributed by atoms with Crippen LogP contribution < -0.4 is 16.2 Å². The van der Waals surface area contributed by atoms with Crippen molar-refractivity contribution in [2.45, 2.75) is 18.7 Å². The second kappa shape index (κ2) is 9.59. The van der Waals surface area contributed by atoms with Crippen molar-refractivity contribution in [1.29, 1.82) is 0 Å². The standard InChI is InChI=1S/C14H21N3O2S2/c1-10(8-19-2)15-14(20)17-16-13(18)12-6-4-11(5-7-12)9-21-3/h4-7,10H,8-9H2,1-3H3,(H,16,18)(H2,15,17,20)/t10-/m1/s1. The van der Waals surface area contributed by atoms with Gasteiger partial charge in [0.15, 0.2) is 5.11 Å². The number of thioether (sulfide) groups is 1. The van der Waals surface area contributed by atoms with Crippen LogP contribution in [0, 0.1) is 0 Å². The van der Waals surface area contributed by atoms with Crippen LogP contribution in [0.4, 0.5) is 0 Å². The Kier molecular flexibility index (Phi) is 8.11. The molecule has 3 N–H and O–H groups in total. The molecule has 5 nitrogen and oxygen atoms in total. The number of amides is 1. The maximum atomic E-state index is 11.9. The summed E-state index contributed by atoms with van der Waals surface area (Å²) in [4.78, 5) is 11.9. The van der Waals surface area contributed by atoms with E-state index >= 15 is 0 Å². The molecule has 1 aromatic carbocycles. The smallest absolute Gasteiger partial charge is 0.269 e. The third kappa shape index (κ3) is 6.79. The van der Waals surface area contributed by atoms with Crippen molar-refractivity contribution < 1.29 is 9.53 Å². The number of carbonyl (C=O) groups excluding carboxylic acids is 1. The van der Waals surface area contributed by atoms with Crippen LogP contribution in [0.1, 0.15) is 22.8 Å². The van der Waals surface area contributed by atoms with E-state index in [1.54, 1.807) is 31.0 Å². The summed E-state index contributed by atoms with van der Waals surface area (Å²) >= 11 is 6.82. The maximum absolute atomic E-state index is 11.9. The van der Waals surface area contributed by atoms with Crippen LogP contribution >= 0.6 is 24.0 Å². The molecule has 0 radical (unpaired) electrons. The zero-order valence-electron chi connectivity index (χ0n) is 12.4. The van der Waals surface area contributed by atoms with Gasteiger partial charge in [0.25, 0.3) is 5.91 Å². The number of benzene rings is 1. The highest BCUT2D eigenvalue weighted by molar-refractivity contribution is 7.97. The lowest BCUT2D eigenvalue weighted by molar-refractivity contribution is 0.0943. The molecule has 0 spiro atoms. The molecule has 1 rings (SSSR count). The molecule has 0 unspecified atom stereocenters. The molecule has 0 saturated heterocycles. The van der Waals surface area contributed by atoms with Crippen molar-refractivity contribution in [1.82, 2.24) is 16.2 Å². The van der Waals surface area contributed by atoms with Crippen molar-refractivity contribution in [3.8, 4) is 0 Å². The minimum absolute atomic E-state index is 0.0673. The van der Waals surface area contributed by atoms with Gasteiger partial charge in [0.2, 0.25) is 0 Å². The molecule has 0 aliphatic heterocycles. The van der Waals surface area contributed by atoms with E-state index in [9.17, 15) is 4.79 Å². The molecule has 116 valence electrons. The van der Waals surface area contributed by atoms with Crippen LogP contribution in [-0.4, -0.2) is 37.0 Å². The first-order valence-corrected chi connectivity index (χ1v) is 8.30. The molecular formula is C14H21N3O2S2. The summed E-state index contributed by atoms with van der Waals surface area (Å²) in [5.74, 6) is 0.709. The Labute approximate surface area is 135 Å². The van der Waals surface area contributed by atoms with Crippen molar-refractivity contribution in [3.05, 3.63) is 35.4 Å². The van der Waals surface area contributed by atoms with Crippen molar-refractivity contribution in [2.75, 3.05) is 20.0 Å². The minimum Gasteiger partial charge on any atom is -0.383 e. The van der Waals surface area contributed by atoms with Crippen LogP contribution in [0.15, 0.2) is 24.3 Å². The van der Waals surface area contributed by atoms with Gasteiger partial charge < -0.3 is 10.1 Å². The molecule has 0 aliphatic rings. The average Bonchev–Trinajstić information content (AvgIpc) is 2.46. The minimum atomic E-state index is -0.228. The van der Waals surface area contributed by atoms with E-state index in [1.807, 2.05) is 25.3 Å². The van der Waals surface area contributed by atoms with Crippen LogP contribution in [-0.2, 0) is 10.5 Å². The van der Waals surface area contributed by atoms with E-state index in [-0.39, 0.29) is 11.9 Å². The Morgan fingerprint density at radius 3 is 2.57 bits per heavy atom. The number of rotatable bonds is 6. The van der Waals surface area contributed by atoms with Crippen molar-refractivity contribution >= 4 is 35.0 Å². The van der Waals surface area contributed by atoms with Crippen molar-refractivity contribution in [3.63, 3.8) is 0 Å². The fourth-order valence-electron chi connectivity index (χ4n) is 1.66. The van der Waals surface area contributed by atoms with Gasteiger partial charge in [0, 0.05) is 24.5 Å². The predicted octanol–water partition coefficient (Wildman–Crippen LogP) is 1.69. The normalized spacial score (nSPS) is 11.6. The molecule has 0 aromatic heterocycles. The molecule has 1 atom stereocenters. The van der Waals surface area contributed by atoms with E-state index in [0.29, 0.717) is 17.3 Å². The van der Waals surface area contributed by atoms with E-state index in [2.05, 4.69) is 16.2 Å². The number of hydrogen-bond acceptors (Lipinski definition) is 4. The molecule has 21 heavy (non-hydrogen) atoms. The second-order valence-corrected chi connectivity index (χ2v) is 5.81. The average molecular weight is 327 g/mol. The Bertz CT molecular complexity index is 466. The highest BCUT2D eigenvalue weighted by Gasteiger charge is 2.07. The molecule has 7 heteroatoms. The van der Waals surface area contributed by atoms with Gasteiger partial charge in [-0.05, 0) is 43.1 Å². The van der Waals surface area contributed by atoms with E-state index in [1.165, 1.54) is 5.56 Å². The summed E-state index contributed by atoms with van der Waals surface area (Å²) in [7, 11) is 1.62. The number of hydrazine groups is 1. The highest BCUT2D eigenvalue weighted by atomic mass is 32.2. The fraction of sp³-hybridized carbons (Fsp3) is 0.429. The molecule has 1 aromatic rings. The molecular weight excluding hydrogens is 306 g/mol. The predicted molar refractivity (Wildman–Crippen MR) is 91.3 cm³/mol. The van der Waals surface area contributed by atoms with Gasteiger partial charge in [-0.1, -0.05) is 12.1 Å². The van der Waals surface area contributed by atoms with Crippen LogP contribution in [0.25, 0.3) is 0 Å². The third-order valence-electron chi connectivity index (χ3n) is 2.61. The number of ether oxygens (including phenoxy) is 1. The first-order chi connectivity index (χ1) is 10.1. The lowest BCUT2D eigenvalue weighted by Gasteiger charge is -2.16. The monoisotopic (exact) mass is 327 g/mol. The summed E-state index contributed by atoms with van der Waals surface area (Å²) in [6.07, 6.45) is 2.04. The van der Waals surface area contributed by atoms with Crippen LogP contribution in [0.3, 0.4) is 0 Å². The summed E-state index contributed by atoms with van der Waals surface area (Å²) in [6.45, 7) is 2.47. The number of carbonyl (C=O) groups is 1. The molecule has 0 aliphatic carbocycles. The first kappa shape index (κ1) is 17.7. The van der Waals surface area contributed by atoms with E-state index < -0.39 is 0 Å². The Morgan fingerprint density at radius 1 is 1.33 bits per heavy atom. The Hall–Kier alpha value is -1.31. The lowest BCUT2D eigenvalue weighted by atomic mass is 10.1. The molecule has 0 fully saturated rings. The summed E-state index contributed by atoms with van der Waals surface area (Å²) in [6, 6.07) is 7.56. The van der Waals surface area contributed by atoms with Gasteiger partial charge >= 0.3 is 0 Å². The summed E-state index contributed by atoms with van der Waals surface area (Å²) in [5, 5.41) is 3.34. The zero-order valence-corrected chi connectivity index (χ0v) is 14.1. The third-order valence-corrected chi connectivity index (χ3v) is 3.45. The molecule has 0 bridgehead atoms. The van der Waals surface area contributed by atoms with Gasteiger partial charge in [-0.3, -0.25) is 15.6 Å². The zero-order chi connectivity index (χ0) is 15.7. The van der Waals surface area contributed by atoms with Gasteiger partial charge in [0.1, 0.15) is 0 Å². The first-order valence-electron chi connectivity index (χ1n) is 6.50. The number of nitrogens with one attached hydrogen (secondary N) is 3. The second-order valence-electron chi connectivity index (χ2n) is 4.54. The Morgan fingerprint density at radius 2 is 2.00 bits per heavy atom. The summed E-state index contributed by atoms with van der Waals surface area (Å²) < 4.78 is 4.99. The van der Waals surface area contributed by atoms with E-state index in [4.69, 9.17) is 17.0 Å². The SMILES string of the molecule is COC[C@@H](C)NC(=S)NNC(=O)c1ccc(CSC)cc1. The highest BCUT2D eigenvalue weighted by Crippen LogP contribution is 2.10. The topological polar surface area (TPSA) is 62.4 Å². The van der Waals surface area contributed by atoms with Crippen LogP contribution in [0.5, 0.6) is 0 Å². The summed E-state index contributed by atoms with van der Waals surface area (Å²) in [5.41, 5.74) is 7.01. The van der Waals surface area contributed by atoms with Crippen LogP contribution in [0.2, 0.25) is 0 Å². The van der Waals surface area contributed by atoms with Gasteiger partial charge in [-0.15, -0.1) is 0 Å². The number of thiocarbonyl (C=S) groups is 1. The van der Waals surface area contributed by atoms with Gasteiger partial charge in [0.05, 0.1) is 6.61 Å². The van der Waals surface area contributed by atoms with E-state index in [0.717, 1.165) is 5.75 Å². The van der Waals surface area contributed by atoms with Crippen molar-refractivity contribution in [2.24, 2.45) is 0 Å². The molecule has 1 amide bonds. The fourth-order valence-corrected chi connectivity index (χ4v) is 2.43. The molecule has 0 heterocycles. The quantitative estimate of drug-likeness (QED) is 0.546. The number of hydrogen-bond donors (Lipinski definition) is 3. The lowest BCUT2D eigenvalue weighted by Crippen LogP contribution is -2.49. The number of methoxy groups -OCH3 is 1. The largest absolute Gasteiger partial charge is 0.383 e.